The Morgan fingerprint density at radius 2 is 1.71 bits per heavy atom. The summed E-state index contributed by atoms with van der Waals surface area (Å²) in [5.74, 6) is -1.03. The number of hydrogen-bond donors (Lipinski definition) is 1. The normalized spacial score (nSPS) is 15.8. The van der Waals surface area contributed by atoms with Crippen molar-refractivity contribution in [3.63, 3.8) is 0 Å². The van der Waals surface area contributed by atoms with Crippen LogP contribution in [0.2, 0.25) is 0 Å². The van der Waals surface area contributed by atoms with Crippen LogP contribution in [0.15, 0.2) is 72.8 Å². The molecule has 10 heteroatoms. The van der Waals surface area contributed by atoms with Gasteiger partial charge in [0.1, 0.15) is 12.4 Å². The van der Waals surface area contributed by atoms with Crippen LogP contribution >= 0.6 is 0 Å². The first-order valence-corrected chi connectivity index (χ1v) is 13.3. The molecule has 1 fully saturated rings. The van der Waals surface area contributed by atoms with Gasteiger partial charge in [0.2, 0.25) is 5.91 Å². The Hall–Kier alpha value is -4.34. The number of rotatable bonds is 10. The van der Waals surface area contributed by atoms with E-state index in [0.29, 0.717) is 29.7 Å². The van der Waals surface area contributed by atoms with E-state index in [4.69, 9.17) is 9.47 Å². The average molecular weight is 569 g/mol. The molecule has 3 amide bonds. The van der Waals surface area contributed by atoms with Crippen molar-refractivity contribution in [2.24, 2.45) is 5.92 Å². The van der Waals surface area contributed by atoms with Crippen molar-refractivity contribution in [3.05, 3.63) is 101 Å². The van der Waals surface area contributed by atoms with Crippen molar-refractivity contribution in [2.45, 2.75) is 44.9 Å². The van der Waals surface area contributed by atoms with E-state index >= 15 is 0 Å². The first-order valence-electron chi connectivity index (χ1n) is 13.3. The quantitative estimate of drug-likeness (QED) is 0.334. The van der Waals surface area contributed by atoms with E-state index in [0.717, 1.165) is 17.7 Å². The van der Waals surface area contributed by atoms with Gasteiger partial charge in [0.05, 0.1) is 24.3 Å². The molecule has 1 saturated heterocycles. The number of hydrogen-bond acceptors (Lipinski definition) is 5. The van der Waals surface area contributed by atoms with Gasteiger partial charge < -0.3 is 14.8 Å². The summed E-state index contributed by atoms with van der Waals surface area (Å²) in [6, 6.07) is 18.7. The predicted octanol–water partition coefficient (Wildman–Crippen LogP) is 5.80. The third-order valence-electron chi connectivity index (χ3n) is 7.08. The van der Waals surface area contributed by atoms with Gasteiger partial charge in [-0.05, 0) is 60.2 Å². The lowest BCUT2D eigenvalue weighted by molar-refractivity contribution is -0.137. The van der Waals surface area contributed by atoms with Gasteiger partial charge in [0.15, 0.2) is 0 Å². The topological polar surface area (TPSA) is 84.9 Å². The van der Waals surface area contributed by atoms with Crippen LogP contribution in [0.4, 0.5) is 18.0 Å². The first-order chi connectivity index (χ1) is 19.6. The number of halogens is 3. The van der Waals surface area contributed by atoms with Crippen LogP contribution in [0.5, 0.6) is 5.75 Å². The SMILES string of the molecule is CCC(Cc1ccc(OC)c(C(=O)NCc2ccc(C(F)(F)F)cc2)c1)C(=O)N1C(=O)OCC1Cc1ccccc1. The molecule has 216 valence electrons. The number of carbonyl (C=O) groups excluding carboxylic acids is 3. The second-order valence-corrected chi connectivity index (χ2v) is 9.85. The van der Waals surface area contributed by atoms with Crippen LogP contribution in [-0.4, -0.2) is 42.6 Å². The van der Waals surface area contributed by atoms with Gasteiger partial charge in [-0.3, -0.25) is 9.59 Å². The smallest absolute Gasteiger partial charge is 0.416 e. The Kier molecular flexibility index (Phi) is 9.31. The molecule has 3 aromatic rings. The van der Waals surface area contributed by atoms with E-state index in [9.17, 15) is 27.6 Å². The summed E-state index contributed by atoms with van der Waals surface area (Å²) in [5, 5.41) is 2.71. The van der Waals surface area contributed by atoms with Crippen molar-refractivity contribution < 1.29 is 37.0 Å². The number of benzene rings is 3. The number of nitrogens with zero attached hydrogens (tertiary/aromatic N) is 1. The number of ether oxygens (including phenoxy) is 2. The number of cyclic esters (lactones) is 1. The zero-order valence-corrected chi connectivity index (χ0v) is 22.7. The van der Waals surface area contributed by atoms with Gasteiger partial charge in [-0.15, -0.1) is 0 Å². The van der Waals surface area contributed by atoms with E-state index in [1.165, 1.54) is 24.1 Å². The molecule has 7 nitrogen and oxygen atoms in total. The molecule has 2 atom stereocenters. The zero-order chi connectivity index (χ0) is 29.6. The van der Waals surface area contributed by atoms with E-state index < -0.39 is 35.7 Å². The molecule has 1 aliphatic rings. The summed E-state index contributed by atoms with van der Waals surface area (Å²) in [6.45, 7) is 2.00. The molecule has 0 saturated carbocycles. The zero-order valence-electron chi connectivity index (χ0n) is 22.7. The number of nitrogens with one attached hydrogen (secondary N) is 1. The maximum atomic E-state index is 13.5. The molecule has 0 bridgehead atoms. The molecule has 1 heterocycles. The summed E-state index contributed by atoms with van der Waals surface area (Å²) in [4.78, 5) is 40.3. The fourth-order valence-electron chi connectivity index (χ4n) is 4.80. The van der Waals surface area contributed by atoms with Gasteiger partial charge in [0, 0.05) is 12.5 Å². The average Bonchev–Trinajstić information content (AvgIpc) is 3.33. The molecular weight excluding hydrogens is 537 g/mol. The van der Waals surface area contributed by atoms with Crippen LogP contribution in [-0.2, 0) is 35.1 Å². The lowest BCUT2D eigenvalue weighted by Crippen LogP contribution is -2.44. The minimum absolute atomic E-state index is 0.0142. The Morgan fingerprint density at radius 1 is 1.02 bits per heavy atom. The van der Waals surface area contributed by atoms with Crippen molar-refractivity contribution >= 4 is 17.9 Å². The highest BCUT2D eigenvalue weighted by molar-refractivity contribution is 5.97. The third-order valence-corrected chi connectivity index (χ3v) is 7.08. The molecule has 1 N–H and O–H groups in total. The van der Waals surface area contributed by atoms with E-state index in [-0.39, 0.29) is 31.0 Å². The molecule has 2 unspecified atom stereocenters. The Morgan fingerprint density at radius 3 is 2.34 bits per heavy atom. The standard InChI is InChI=1S/C31H31F3N2O5/c1-3-23(29(38)36-25(19-41-30(36)39)16-20-7-5-4-6-8-20)15-22-11-14-27(40-2)26(17-22)28(37)35-18-21-9-12-24(13-10-21)31(32,33)34/h4-14,17,23,25H,3,15-16,18-19H2,1-2H3,(H,35,37). The Labute approximate surface area is 236 Å². The van der Waals surface area contributed by atoms with E-state index in [1.54, 1.807) is 18.2 Å². The van der Waals surface area contributed by atoms with E-state index in [2.05, 4.69) is 5.32 Å². The minimum Gasteiger partial charge on any atom is -0.496 e. The number of imide groups is 1. The lowest BCUT2D eigenvalue weighted by atomic mass is 9.93. The van der Waals surface area contributed by atoms with Crippen LogP contribution in [0, 0.1) is 5.92 Å². The first kappa shape index (κ1) is 29.6. The number of carbonyl (C=O) groups is 3. The molecule has 3 aromatic carbocycles. The maximum absolute atomic E-state index is 13.5. The largest absolute Gasteiger partial charge is 0.496 e. The van der Waals surface area contributed by atoms with Crippen LogP contribution in [0.3, 0.4) is 0 Å². The molecule has 0 radical (unpaired) electrons. The predicted molar refractivity (Wildman–Crippen MR) is 145 cm³/mol. The maximum Gasteiger partial charge on any atom is 0.416 e. The summed E-state index contributed by atoms with van der Waals surface area (Å²) in [5.41, 5.74) is 1.64. The highest BCUT2D eigenvalue weighted by Crippen LogP contribution is 2.29. The molecule has 4 rings (SSSR count). The summed E-state index contributed by atoms with van der Waals surface area (Å²) in [6.07, 6.45) is -3.87. The van der Waals surface area contributed by atoms with Crippen LogP contribution < -0.4 is 10.1 Å². The third kappa shape index (κ3) is 7.25. The van der Waals surface area contributed by atoms with Gasteiger partial charge in [0.25, 0.3) is 5.91 Å². The highest BCUT2D eigenvalue weighted by atomic mass is 19.4. The Bertz CT molecular complexity index is 1380. The molecule has 1 aliphatic heterocycles. The molecular formula is C31H31F3N2O5. The van der Waals surface area contributed by atoms with Crippen molar-refractivity contribution in [3.8, 4) is 5.75 Å². The molecule has 41 heavy (non-hydrogen) atoms. The van der Waals surface area contributed by atoms with Gasteiger partial charge in [-0.1, -0.05) is 55.5 Å². The summed E-state index contributed by atoms with van der Waals surface area (Å²) >= 11 is 0. The van der Waals surface area contributed by atoms with Crippen molar-refractivity contribution in [1.82, 2.24) is 10.2 Å². The number of methoxy groups -OCH3 is 1. The van der Waals surface area contributed by atoms with Crippen molar-refractivity contribution in [2.75, 3.05) is 13.7 Å². The Balaban J connectivity index is 1.45. The number of alkyl halides is 3. The molecule has 0 aromatic heterocycles. The minimum atomic E-state index is -4.44. The second kappa shape index (κ2) is 12.9. The fourth-order valence-corrected chi connectivity index (χ4v) is 4.80. The fraction of sp³-hybridized carbons (Fsp3) is 0.323. The van der Waals surface area contributed by atoms with E-state index in [1.807, 2.05) is 37.3 Å². The summed E-state index contributed by atoms with van der Waals surface area (Å²) in [7, 11) is 1.42. The second-order valence-electron chi connectivity index (χ2n) is 9.85. The van der Waals surface area contributed by atoms with Crippen LogP contribution in [0.1, 0.15) is 46.0 Å². The summed E-state index contributed by atoms with van der Waals surface area (Å²) < 4.78 is 49.1. The van der Waals surface area contributed by atoms with Crippen LogP contribution in [0.25, 0.3) is 0 Å². The van der Waals surface area contributed by atoms with Gasteiger partial charge in [-0.2, -0.15) is 13.2 Å². The molecule has 0 spiro atoms. The highest BCUT2D eigenvalue weighted by Gasteiger charge is 2.40. The lowest BCUT2D eigenvalue weighted by Gasteiger charge is -2.24. The monoisotopic (exact) mass is 568 g/mol. The molecule has 0 aliphatic carbocycles. The van der Waals surface area contributed by atoms with Gasteiger partial charge in [-0.25, -0.2) is 9.69 Å². The number of amides is 3. The van der Waals surface area contributed by atoms with Gasteiger partial charge >= 0.3 is 12.3 Å². The van der Waals surface area contributed by atoms with Crippen molar-refractivity contribution in [1.29, 1.82) is 0 Å².